The van der Waals surface area contributed by atoms with Crippen LogP contribution in [0.4, 0.5) is 11.5 Å². The molecular weight excluding hydrogens is 360 g/mol. The van der Waals surface area contributed by atoms with Crippen LogP contribution < -0.4 is 4.90 Å². The summed E-state index contributed by atoms with van der Waals surface area (Å²) in [4.78, 5) is 23.7. The second-order valence-corrected chi connectivity index (χ2v) is 7.62. The summed E-state index contributed by atoms with van der Waals surface area (Å²) in [5.41, 5.74) is 3.20. The summed E-state index contributed by atoms with van der Waals surface area (Å²) >= 11 is 1.82. The van der Waals surface area contributed by atoms with Crippen molar-refractivity contribution < 1.29 is 4.92 Å². The molecule has 7 heteroatoms. The number of hydrogen-bond acceptors (Lipinski definition) is 6. The quantitative estimate of drug-likeness (QED) is 0.480. The van der Waals surface area contributed by atoms with Crippen LogP contribution in [0.25, 0.3) is 11.4 Å². The number of thiophene rings is 1. The molecule has 0 aliphatic carbocycles. The molecule has 3 heterocycles. The van der Waals surface area contributed by atoms with Crippen molar-refractivity contribution in [1.29, 1.82) is 0 Å². The van der Waals surface area contributed by atoms with Gasteiger partial charge in [0.15, 0.2) is 5.82 Å². The molecule has 138 valence electrons. The second kappa shape index (κ2) is 7.08. The lowest BCUT2D eigenvalue weighted by Gasteiger charge is -2.35. The second-order valence-electron chi connectivity index (χ2n) is 6.62. The topological polar surface area (TPSA) is 72.2 Å². The maximum Gasteiger partial charge on any atom is 0.269 e. The van der Waals surface area contributed by atoms with E-state index >= 15 is 0 Å². The van der Waals surface area contributed by atoms with Crippen LogP contribution in [0.15, 0.2) is 41.8 Å². The Kier molecular flexibility index (Phi) is 4.61. The highest BCUT2D eigenvalue weighted by atomic mass is 32.1. The molecule has 1 aliphatic heterocycles. The first-order valence-electron chi connectivity index (χ1n) is 9.02. The molecule has 3 aromatic rings. The molecule has 0 saturated carbocycles. The van der Waals surface area contributed by atoms with Crippen molar-refractivity contribution in [3.63, 3.8) is 0 Å². The van der Waals surface area contributed by atoms with Gasteiger partial charge in [0.05, 0.1) is 11.0 Å². The van der Waals surface area contributed by atoms with Crippen LogP contribution in [0.5, 0.6) is 0 Å². The Bertz CT molecular complexity index is 984. The molecule has 4 rings (SSSR count). The molecule has 0 amide bonds. The summed E-state index contributed by atoms with van der Waals surface area (Å²) in [5.74, 6) is 1.53. The summed E-state index contributed by atoms with van der Waals surface area (Å²) in [5, 5.41) is 13.1. The Hall–Kier alpha value is -2.80. The van der Waals surface area contributed by atoms with Crippen molar-refractivity contribution in [3.05, 3.63) is 68.0 Å². The van der Waals surface area contributed by atoms with Gasteiger partial charge in [-0.05, 0) is 48.9 Å². The Balaban J connectivity index is 1.72. The van der Waals surface area contributed by atoms with Crippen molar-refractivity contribution in [2.24, 2.45) is 0 Å². The van der Waals surface area contributed by atoms with Crippen LogP contribution >= 0.6 is 11.3 Å². The van der Waals surface area contributed by atoms with Gasteiger partial charge in [-0.25, -0.2) is 9.97 Å². The summed E-state index contributed by atoms with van der Waals surface area (Å²) in [7, 11) is 0. The van der Waals surface area contributed by atoms with Gasteiger partial charge in [-0.3, -0.25) is 10.1 Å². The van der Waals surface area contributed by atoms with E-state index in [0.29, 0.717) is 5.82 Å². The highest BCUT2D eigenvalue weighted by Crippen LogP contribution is 2.36. The van der Waals surface area contributed by atoms with Crippen LogP contribution in [-0.2, 0) is 12.8 Å². The fourth-order valence-electron chi connectivity index (χ4n) is 3.50. The zero-order valence-corrected chi connectivity index (χ0v) is 16.1. The molecule has 27 heavy (non-hydrogen) atoms. The predicted octanol–water partition coefficient (Wildman–Crippen LogP) is 4.80. The number of aryl methyl sites for hydroxylation is 1. The molecule has 1 atom stereocenters. The van der Waals surface area contributed by atoms with E-state index in [1.807, 2.05) is 11.3 Å². The number of non-ortho nitro benzene ring substituents is 1. The Morgan fingerprint density at radius 3 is 2.74 bits per heavy atom. The molecule has 1 aliphatic rings. The number of benzene rings is 1. The van der Waals surface area contributed by atoms with E-state index in [9.17, 15) is 10.1 Å². The summed E-state index contributed by atoms with van der Waals surface area (Å²) < 4.78 is 0. The van der Waals surface area contributed by atoms with Gasteiger partial charge >= 0.3 is 0 Å². The van der Waals surface area contributed by atoms with Gasteiger partial charge in [-0.15, -0.1) is 11.3 Å². The first-order chi connectivity index (χ1) is 13.1. The zero-order chi connectivity index (χ0) is 19.0. The molecule has 0 saturated heterocycles. The van der Waals surface area contributed by atoms with Gasteiger partial charge in [-0.2, -0.15) is 0 Å². The standard InChI is InChI=1S/C20H20N4O2S/c1-3-15-12-19(23-10-8-18-17(13(23)2)9-11-27-18)22-20(21-15)14-4-6-16(7-5-14)24(25)26/h4-7,9,11-13H,3,8,10H2,1-2H3/t13-/m0/s1. The molecule has 0 bridgehead atoms. The van der Waals surface area contributed by atoms with E-state index in [4.69, 9.17) is 4.98 Å². The molecule has 6 nitrogen and oxygen atoms in total. The third-order valence-corrected chi connectivity index (χ3v) is 6.03. The SMILES string of the molecule is CCc1cc(N2CCc3sccc3[C@@H]2C)nc(-c2ccc([N+](=O)[O-])cc2)n1. The third kappa shape index (κ3) is 3.30. The molecule has 0 unspecified atom stereocenters. The van der Waals surface area contributed by atoms with E-state index in [2.05, 4.69) is 41.2 Å². The van der Waals surface area contributed by atoms with Gasteiger partial charge in [0.25, 0.3) is 5.69 Å². The number of nitrogens with zero attached hydrogens (tertiary/aromatic N) is 4. The predicted molar refractivity (Wildman–Crippen MR) is 107 cm³/mol. The van der Waals surface area contributed by atoms with Gasteiger partial charge in [0.2, 0.25) is 0 Å². The average Bonchev–Trinajstić information content (AvgIpc) is 3.17. The molecule has 0 spiro atoms. The summed E-state index contributed by atoms with van der Waals surface area (Å²) in [6.07, 6.45) is 1.83. The maximum absolute atomic E-state index is 10.9. The maximum atomic E-state index is 10.9. The molecule has 0 fully saturated rings. The minimum Gasteiger partial charge on any atom is -0.349 e. The van der Waals surface area contributed by atoms with Crippen molar-refractivity contribution in [1.82, 2.24) is 9.97 Å². The van der Waals surface area contributed by atoms with Gasteiger partial charge in [-0.1, -0.05) is 6.92 Å². The molecule has 1 aromatic carbocycles. The smallest absolute Gasteiger partial charge is 0.269 e. The molecule has 2 aromatic heterocycles. The lowest BCUT2D eigenvalue weighted by Crippen LogP contribution is -2.34. The van der Waals surface area contributed by atoms with E-state index in [-0.39, 0.29) is 11.7 Å². The van der Waals surface area contributed by atoms with Crippen LogP contribution in [-0.4, -0.2) is 21.4 Å². The monoisotopic (exact) mass is 380 g/mol. The number of rotatable bonds is 4. The molecule has 0 radical (unpaired) electrons. The minimum absolute atomic E-state index is 0.0697. The lowest BCUT2D eigenvalue weighted by atomic mass is 10.0. The first-order valence-corrected chi connectivity index (χ1v) is 9.90. The van der Waals surface area contributed by atoms with E-state index in [0.717, 1.165) is 36.5 Å². The van der Waals surface area contributed by atoms with Crippen LogP contribution in [0, 0.1) is 10.1 Å². The number of hydrogen-bond donors (Lipinski definition) is 0. The number of fused-ring (bicyclic) bond motifs is 1. The minimum atomic E-state index is -0.396. The van der Waals surface area contributed by atoms with Crippen LogP contribution in [0.3, 0.4) is 0 Å². The van der Waals surface area contributed by atoms with E-state index in [1.165, 1.54) is 22.6 Å². The number of anilines is 1. The number of nitro benzene ring substituents is 1. The summed E-state index contributed by atoms with van der Waals surface area (Å²) in [6, 6.07) is 11.0. The van der Waals surface area contributed by atoms with Gasteiger partial charge < -0.3 is 4.90 Å². The Labute approximate surface area is 161 Å². The average molecular weight is 380 g/mol. The largest absolute Gasteiger partial charge is 0.349 e. The lowest BCUT2D eigenvalue weighted by molar-refractivity contribution is -0.384. The van der Waals surface area contributed by atoms with E-state index in [1.54, 1.807) is 12.1 Å². The zero-order valence-electron chi connectivity index (χ0n) is 15.3. The normalized spacial score (nSPS) is 16.2. The van der Waals surface area contributed by atoms with Crippen molar-refractivity contribution in [2.45, 2.75) is 32.7 Å². The van der Waals surface area contributed by atoms with Crippen LogP contribution in [0.1, 0.15) is 36.0 Å². The molecular formula is C20H20N4O2S. The Morgan fingerprint density at radius 1 is 1.26 bits per heavy atom. The van der Waals surface area contributed by atoms with Crippen molar-refractivity contribution >= 4 is 22.8 Å². The molecule has 0 N–H and O–H groups in total. The first kappa shape index (κ1) is 17.6. The fraction of sp³-hybridized carbons (Fsp3) is 0.300. The van der Waals surface area contributed by atoms with Crippen molar-refractivity contribution in [2.75, 3.05) is 11.4 Å². The summed E-state index contributed by atoms with van der Waals surface area (Å²) in [6.45, 7) is 5.21. The van der Waals surface area contributed by atoms with Crippen LogP contribution in [0.2, 0.25) is 0 Å². The van der Waals surface area contributed by atoms with Gasteiger partial charge in [0, 0.05) is 40.9 Å². The Morgan fingerprint density at radius 2 is 2.04 bits per heavy atom. The third-order valence-electron chi connectivity index (χ3n) is 5.04. The number of aromatic nitrogens is 2. The fourth-order valence-corrected chi connectivity index (χ4v) is 4.46. The van der Waals surface area contributed by atoms with E-state index < -0.39 is 4.92 Å². The van der Waals surface area contributed by atoms with Gasteiger partial charge in [0.1, 0.15) is 5.82 Å². The highest BCUT2D eigenvalue weighted by molar-refractivity contribution is 7.10. The van der Waals surface area contributed by atoms with Crippen molar-refractivity contribution in [3.8, 4) is 11.4 Å². The highest BCUT2D eigenvalue weighted by Gasteiger charge is 2.26. The number of nitro groups is 1.